The van der Waals surface area contributed by atoms with Gasteiger partial charge in [-0.1, -0.05) is 35.9 Å². The molecule has 0 unspecified atom stereocenters. The zero-order chi connectivity index (χ0) is 20.7. The number of carbonyl (C=O) groups excluding carboxylic acids is 1. The smallest absolute Gasteiger partial charge is 0.310 e. The summed E-state index contributed by atoms with van der Waals surface area (Å²) in [6.45, 7) is 7.02. The first-order valence-electron chi connectivity index (χ1n) is 9.83. The predicted octanol–water partition coefficient (Wildman–Crippen LogP) is 5.17. The highest BCUT2D eigenvalue weighted by atomic mass is 16.5. The Morgan fingerprint density at radius 1 is 1.03 bits per heavy atom. The van der Waals surface area contributed by atoms with Gasteiger partial charge in [-0.3, -0.25) is 4.79 Å². The van der Waals surface area contributed by atoms with Gasteiger partial charge in [-0.25, -0.2) is 0 Å². The van der Waals surface area contributed by atoms with Crippen LogP contribution in [0.5, 0.6) is 0 Å². The molecule has 29 heavy (non-hydrogen) atoms. The highest BCUT2D eigenvalue weighted by molar-refractivity contribution is 5.95. The number of nitrogens with one attached hydrogen (secondary N) is 1. The number of hydrogen-bond acceptors (Lipinski definition) is 4. The number of ether oxygens (including phenoxy) is 1. The van der Waals surface area contributed by atoms with E-state index < -0.39 is 0 Å². The number of benzene rings is 3. The number of hydrogen-bond donors (Lipinski definition) is 2. The normalized spacial score (nSPS) is 12.0. The van der Waals surface area contributed by atoms with Gasteiger partial charge in [0.1, 0.15) is 0 Å². The standard InChI is InChI=1S/C25H26N2O2/c1-14-5-7-17(8-6-14)23-16(3)24-20-10-9-19(26)11-18(20)13-27-25(24)15(2)21(23)12-22(28)29-4/h5-11,27H,12-13,26H2,1-4H3. The van der Waals surface area contributed by atoms with Crippen molar-refractivity contribution >= 4 is 17.3 Å². The van der Waals surface area contributed by atoms with Gasteiger partial charge in [0.15, 0.2) is 0 Å². The molecular formula is C25H26N2O2. The lowest BCUT2D eigenvalue weighted by molar-refractivity contribution is -0.139. The lowest BCUT2D eigenvalue weighted by Gasteiger charge is -2.29. The molecule has 0 bridgehead atoms. The van der Waals surface area contributed by atoms with Crippen molar-refractivity contribution in [1.82, 2.24) is 0 Å². The molecule has 0 saturated carbocycles. The van der Waals surface area contributed by atoms with E-state index in [1.807, 2.05) is 12.1 Å². The van der Waals surface area contributed by atoms with E-state index in [-0.39, 0.29) is 12.4 Å². The molecule has 0 fully saturated rings. The highest BCUT2D eigenvalue weighted by Crippen LogP contribution is 2.46. The summed E-state index contributed by atoms with van der Waals surface area (Å²) in [6.07, 6.45) is 0.246. The summed E-state index contributed by atoms with van der Waals surface area (Å²) in [5.41, 5.74) is 18.2. The van der Waals surface area contributed by atoms with E-state index in [4.69, 9.17) is 10.5 Å². The summed E-state index contributed by atoms with van der Waals surface area (Å²) in [5.74, 6) is -0.232. The quantitative estimate of drug-likeness (QED) is 0.481. The molecule has 0 atom stereocenters. The summed E-state index contributed by atoms with van der Waals surface area (Å²) in [5, 5.41) is 3.57. The third-order valence-electron chi connectivity index (χ3n) is 5.87. The van der Waals surface area contributed by atoms with E-state index in [2.05, 4.69) is 56.4 Å². The minimum atomic E-state index is -0.232. The minimum absolute atomic E-state index is 0.232. The number of fused-ring (bicyclic) bond motifs is 3. The van der Waals surface area contributed by atoms with Gasteiger partial charge >= 0.3 is 5.97 Å². The first-order chi connectivity index (χ1) is 13.9. The van der Waals surface area contributed by atoms with Gasteiger partial charge in [-0.2, -0.15) is 0 Å². The molecule has 4 nitrogen and oxygen atoms in total. The van der Waals surface area contributed by atoms with E-state index in [1.165, 1.54) is 29.4 Å². The molecule has 3 N–H and O–H groups in total. The van der Waals surface area contributed by atoms with E-state index in [9.17, 15) is 4.79 Å². The Labute approximate surface area is 171 Å². The largest absolute Gasteiger partial charge is 0.469 e. The molecule has 3 aromatic rings. The first-order valence-corrected chi connectivity index (χ1v) is 9.83. The lowest BCUT2D eigenvalue weighted by Crippen LogP contribution is -2.16. The highest BCUT2D eigenvalue weighted by Gasteiger charge is 2.26. The van der Waals surface area contributed by atoms with Gasteiger partial charge in [0.05, 0.1) is 13.5 Å². The maximum Gasteiger partial charge on any atom is 0.310 e. The van der Waals surface area contributed by atoms with Crippen LogP contribution in [0.1, 0.15) is 27.8 Å². The number of nitrogen functional groups attached to an aromatic ring is 1. The van der Waals surface area contributed by atoms with Crippen LogP contribution in [0.3, 0.4) is 0 Å². The Bertz CT molecular complexity index is 1110. The molecule has 0 saturated heterocycles. The fourth-order valence-corrected chi connectivity index (χ4v) is 4.36. The number of rotatable bonds is 3. The Balaban J connectivity index is 2.04. The van der Waals surface area contributed by atoms with Crippen molar-refractivity contribution in [1.29, 1.82) is 0 Å². The van der Waals surface area contributed by atoms with Gasteiger partial charge < -0.3 is 15.8 Å². The van der Waals surface area contributed by atoms with E-state index in [0.717, 1.165) is 45.7 Å². The van der Waals surface area contributed by atoms with Crippen LogP contribution < -0.4 is 11.1 Å². The zero-order valence-electron chi connectivity index (χ0n) is 17.3. The summed E-state index contributed by atoms with van der Waals surface area (Å²) >= 11 is 0. The molecule has 0 amide bonds. The fraction of sp³-hybridized carbons (Fsp3) is 0.240. The summed E-state index contributed by atoms with van der Waals surface area (Å²) in [7, 11) is 1.44. The Kier molecular flexibility index (Phi) is 4.79. The van der Waals surface area contributed by atoms with Crippen LogP contribution in [0.4, 0.5) is 11.4 Å². The average molecular weight is 386 g/mol. The summed E-state index contributed by atoms with van der Waals surface area (Å²) in [6, 6.07) is 14.6. The van der Waals surface area contributed by atoms with Crippen molar-refractivity contribution in [3.05, 3.63) is 70.3 Å². The molecule has 0 spiro atoms. The molecule has 0 radical (unpaired) electrons. The zero-order valence-corrected chi connectivity index (χ0v) is 17.3. The molecule has 4 heteroatoms. The number of anilines is 2. The van der Waals surface area contributed by atoms with Crippen molar-refractivity contribution in [2.75, 3.05) is 18.2 Å². The number of esters is 1. The average Bonchev–Trinajstić information content (AvgIpc) is 2.72. The van der Waals surface area contributed by atoms with Crippen LogP contribution in [-0.2, 0) is 22.5 Å². The van der Waals surface area contributed by atoms with Gasteiger partial charge in [0.25, 0.3) is 0 Å². The second kappa shape index (κ2) is 7.28. The van der Waals surface area contributed by atoms with Gasteiger partial charge in [0, 0.05) is 23.5 Å². The third-order valence-corrected chi connectivity index (χ3v) is 5.87. The van der Waals surface area contributed by atoms with Crippen LogP contribution in [0, 0.1) is 20.8 Å². The Morgan fingerprint density at radius 2 is 1.76 bits per heavy atom. The van der Waals surface area contributed by atoms with E-state index in [1.54, 1.807) is 0 Å². The maximum absolute atomic E-state index is 12.2. The molecular weight excluding hydrogens is 360 g/mol. The fourth-order valence-electron chi connectivity index (χ4n) is 4.36. The molecule has 0 aliphatic carbocycles. The molecule has 4 rings (SSSR count). The number of aryl methyl sites for hydroxylation is 1. The summed E-state index contributed by atoms with van der Waals surface area (Å²) < 4.78 is 5.00. The molecule has 1 aliphatic rings. The van der Waals surface area contributed by atoms with Crippen LogP contribution in [0.2, 0.25) is 0 Å². The second-order valence-electron chi connectivity index (χ2n) is 7.74. The molecule has 148 valence electrons. The van der Waals surface area contributed by atoms with Crippen molar-refractivity contribution in [3.8, 4) is 22.3 Å². The predicted molar refractivity (Wildman–Crippen MR) is 119 cm³/mol. The number of carbonyl (C=O) groups is 1. The Hall–Kier alpha value is -3.27. The molecule has 0 aromatic heterocycles. The number of nitrogens with two attached hydrogens (primary N) is 1. The van der Waals surface area contributed by atoms with Crippen LogP contribution in [0.25, 0.3) is 22.3 Å². The van der Waals surface area contributed by atoms with Crippen LogP contribution >= 0.6 is 0 Å². The van der Waals surface area contributed by atoms with Crippen molar-refractivity contribution in [2.45, 2.75) is 33.7 Å². The third kappa shape index (κ3) is 3.25. The minimum Gasteiger partial charge on any atom is -0.469 e. The van der Waals surface area contributed by atoms with Gasteiger partial charge in [-0.15, -0.1) is 0 Å². The van der Waals surface area contributed by atoms with Crippen molar-refractivity contribution in [2.24, 2.45) is 0 Å². The van der Waals surface area contributed by atoms with Gasteiger partial charge in [0.2, 0.25) is 0 Å². The summed E-state index contributed by atoms with van der Waals surface area (Å²) in [4.78, 5) is 12.2. The van der Waals surface area contributed by atoms with Crippen LogP contribution in [-0.4, -0.2) is 13.1 Å². The Morgan fingerprint density at radius 3 is 2.45 bits per heavy atom. The molecule has 1 aliphatic heterocycles. The monoisotopic (exact) mass is 386 g/mol. The van der Waals surface area contributed by atoms with Crippen molar-refractivity contribution < 1.29 is 9.53 Å². The molecule has 3 aromatic carbocycles. The first kappa shape index (κ1) is 19.1. The topological polar surface area (TPSA) is 64.3 Å². The van der Waals surface area contributed by atoms with E-state index in [0.29, 0.717) is 0 Å². The molecule has 1 heterocycles. The van der Waals surface area contributed by atoms with Crippen molar-refractivity contribution in [3.63, 3.8) is 0 Å². The van der Waals surface area contributed by atoms with E-state index >= 15 is 0 Å². The maximum atomic E-state index is 12.2. The lowest BCUT2D eigenvalue weighted by atomic mass is 9.81. The van der Waals surface area contributed by atoms with Crippen LogP contribution in [0.15, 0.2) is 42.5 Å². The SMILES string of the molecule is COC(=O)Cc1c(C)c2c(c(C)c1-c1ccc(C)cc1)-c1ccc(N)cc1CN2. The second-order valence-corrected chi connectivity index (χ2v) is 7.74. The van der Waals surface area contributed by atoms with Gasteiger partial charge in [-0.05, 0) is 71.8 Å². The number of methoxy groups -OCH3 is 1.